The van der Waals surface area contributed by atoms with E-state index in [1.165, 1.54) is 0 Å². The second-order valence-electron chi connectivity index (χ2n) is 15.8. The minimum atomic E-state index is 0.825. The van der Waals surface area contributed by atoms with Crippen LogP contribution in [-0.4, -0.2) is 9.97 Å². The van der Waals surface area contributed by atoms with Gasteiger partial charge < -0.3 is 18.2 Å². The molecule has 0 fully saturated rings. The first-order valence-electron chi connectivity index (χ1n) is 20.7. The molecular weight excluding hydrogens is 763 g/mol. The molecule has 6 nitrogen and oxygen atoms in total. The summed E-state index contributed by atoms with van der Waals surface area (Å²) < 4.78 is 19.1. The fourth-order valence-corrected chi connectivity index (χ4v) is 9.21. The lowest BCUT2D eigenvalue weighted by Gasteiger charge is -2.26. The average Bonchev–Trinajstić information content (AvgIpc) is 4.02. The third kappa shape index (κ3) is 5.44. The lowest BCUT2D eigenvalue weighted by atomic mass is 10.00. The van der Waals surface area contributed by atoms with Gasteiger partial charge in [0.15, 0.2) is 0 Å². The highest BCUT2D eigenvalue weighted by molar-refractivity contribution is 6.12. The zero-order valence-corrected chi connectivity index (χ0v) is 33.1. The Morgan fingerprint density at radius 3 is 1.45 bits per heavy atom. The Morgan fingerprint density at radius 2 is 0.855 bits per heavy atom. The van der Waals surface area contributed by atoms with Crippen LogP contribution in [0.5, 0.6) is 0 Å². The highest BCUT2D eigenvalue weighted by Gasteiger charge is 2.18. The van der Waals surface area contributed by atoms with Gasteiger partial charge in [0.25, 0.3) is 0 Å². The summed E-state index contributed by atoms with van der Waals surface area (Å²) in [5.41, 5.74) is 15.8. The minimum absolute atomic E-state index is 0.825. The van der Waals surface area contributed by atoms with Crippen molar-refractivity contribution in [3.63, 3.8) is 0 Å². The Balaban J connectivity index is 0.898. The lowest BCUT2D eigenvalue weighted by Crippen LogP contribution is -2.09. The summed E-state index contributed by atoms with van der Waals surface area (Å²) >= 11 is 0. The van der Waals surface area contributed by atoms with E-state index >= 15 is 0 Å². The minimum Gasteiger partial charge on any atom is -0.456 e. The molecule has 0 spiro atoms. The van der Waals surface area contributed by atoms with Crippen molar-refractivity contribution in [3.05, 3.63) is 201 Å². The quantitative estimate of drug-likeness (QED) is 0.167. The van der Waals surface area contributed by atoms with E-state index in [9.17, 15) is 0 Å². The lowest BCUT2D eigenvalue weighted by molar-refractivity contribution is 0.669. The van der Waals surface area contributed by atoms with E-state index in [0.29, 0.717) is 0 Å². The monoisotopic (exact) mass is 795 g/mol. The van der Waals surface area contributed by atoms with E-state index in [-0.39, 0.29) is 0 Å². The molecule has 0 aliphatic carbocycles. The van der Waals surface area contributed by atoms with Gasteiger partial charge in [-0.25, -0.2) is 9.97 Å². The molecule has 0 amide bonds. The largest absolute Gasteiger partial charge is 0.456 e. The summed E-state index contributed by atoms with van der Waals surface area (Å²) in [7, 11) is 0. The molecule has 0 N–H and O–H groups in total. The van der Waals surface area contributed by atoms with Crippen LogP contribution in [0.25, 0.3) is 110 Å². The predicted octanol–water partition coefficient (Wildman–Crippen LogP) is 15.8. The summed E-state index contributed by atoms with van der Waals surface area (Å²) in [5.74, 6) is 0. The highest BCUT2D eigenvalue weighted by Crippen LogP contribution is 2.42. The molecule has 0 unspecified atom stereocenters. The van der Waals surface area contributed by atoms with Crippen LogP contribution in [0.1, 0.15) is 0 Å². The third-order valence-corrected chi connectivity index (χ3v) is 12.2. The van der Waals surface area contributed by atoms with Gasteiger partial charge in [-0.15, -0.1) is 0 Å². The number of para-hydroxylation sites is 4. The van der Waals surface area contributed by atoms with Gasteiger partial charge in [0.2, 0.25) is 0 Å². The van der Waals surface area contributed by atoms with Crippen molar-refractivity contribution in [3.8, 4) is 33.4 Å². The summed E-state index contributed by atoms with van der Waals surface area (Å²) in [6.45, 7) is 0. The van der Waals surface area contributed by atoms with E-state index in [1.54, 1.807) is 6.33 Å². The summed E-state index contributed by atoms with van der Waals surface area (Å²) in [6.07, 6.45) is 3.40. The summed E-state index contributed by atoms with van der Waals surface area (Å²) in [4.78, 5) is 11.0. The van der Waals surface area contributed by atoms with E-state index in [2.05, 4.69) is 173 Å². The Hall–Kier alpha value is -8.48. The van der Waals surface area contributed by atoms with Crippen molar-refractivity contribution in [2.24, 2.45) is 0 Å². The van der Waals surface area contributed by atoms with Crippen LogP contribution in [0.4, 0.5) is 17.1 Å². The third-order valence-electron chi connectivity index (χ3n) is 12.2. The molecule has 0 aliphatic rings. The fraction of sp³-hybridized carbons (Fsp3) is 0. The van der Waals surface area contributed by atoms with Gasteiger partial charge in [0.1, 0.15) is 39.8 Å². The van der Waals surface area contributed by atoms with Gasteiger partial charge in [-0.2, -0.15) is 0 Å². The van der Waals surface area contributed by atoms with Crippen LogP contribution in [0.2, 0.25) is 0 Å². The number of hydrogen-bond donors (Lipinski definition) is 0. The summed E-state index contributed by atoms with van der Waals surface area (Å²) in [5, 5.41) is 7.53. The maximum atomic E-state index is 6.42. The number of benzene rings is 9. The summed E-state index contributed by atoms with van der Waals surface area (Å²) in [6, 6.07) is 66.0. The topological polar surface area (TPSA) is 68.4 Å². The van der Waals surface area contributed by atoms with E-state index in [0.717, 1.165) is 127 Å². The van der Waals surface area contributed by atoms with Gasteiger partial charge in [0, 0.05) is 72.1 Å². The first-order valence-corrected chi connectivity index (χ1v) is 20.7. The van der Waals surface area contributed by atoms with Crippen molar-refractivity contribution in [2.45, 2.75) is 0 Å². The van der Waals surface area contributed by atoms with Gasteiger partial charge in [-0.05, 0) is 95.1 Å². The molecule has 0 saturated heterocycles. The van der Waals surface area contributed by atoms with Gasteiger partial charge in [-0.3, -0.25) is 0 Å². The maximum Gasteiger partial charge on any atom is 0.143 e. The molecule has 13 rings (SSSR count). The van der Waals surface area contributed by atoms with Gasteiger partial charge in [0.05, 0.1) is 5.52 Å². The standard InChI is InChI=1S/C56H33N3O3/c1-3-13-51-44(7-1)46-11-5-9-42(55(46)61-51)35-17-24-40(25-18-35)59(41-26-19-36(20-27-41)43-10-6-12-47-45-8-2-4-14-52(45)62-56(43)47)39-22-15-34(16-23-39)37-21-28-53-48(29-37)49-31-50-38(30-54(49)60-53)32-57-33-58-50/h1-33H. The highest BCUT2D eigenvalue weighted by atomic mass is 16.3. The molecule has 0 saturated carbocycles. The smallest absolute Gasteiger partial charge is 0.143 e. The second-order valence-corrected chi connectivity index (χ2v) is 15.8. The van der Waals surface area contributed by atoms with Gasteiger partial charge in [-0.1, -0.05) is 115 Å². The van der Waals surface area contributed by atoms with Crippen LogP contribution >= 0.6 is 0 Å². The van der Waals surface area contributed by atoms with E-state index in [1.807, 2.05) is 36.5 Å². The molecular formula is C56H33N3O3. The fourth-order valence-electron chi connectivity index (χ4n) is 9.21. The van der Waals surface area contributed by atoms with Crippen molar-refractivity contribution in [1.82, 2.24) is 9.97 Å². The first-order chi connectivity index (χ1) is 30.7. The predicted molar refractivity (Wildman–Crippen MR) is 252 cm³/mol. The number of furan rings is 3. The van der Waals surface area contributed by atoms with Crippen molar-refractivity contribution >= 4 is 93.8 Å². The molecule has 4 aromatic heterocycles. The molecule has 0 radical (unpaired) electrons. The SMILES string of the molecule is c1ccc2c(c1)oc1c(-c3ccc(N(c4ccc(-c5ccc6oc7cc8cncnc8cc7c6c5)cc4)c4ccc(-c5cccc6c5oc5ccccc56)cc4)cc3)cccc12. The number of anilines is 3. The van der Waals surface area contributed by atoms with Crippen LogP contribution in [-0.2, 0) is 0 Å². The number of rotatable bonds is 6. The number of aromatic nitrogens is 2. The average molecular weight is 796 g/mol. The van der Waals surface area contributed by atoms with Crippen LogP contribution < -0.4 is 4.90 Å². The Morgan fingerprint density at radius 1 is 0.355 bits per heavy atom. The van der Waals surface area contributed by atoms with Crippen molar-refractivity contribution < 1.29 is 13.3 Å². The van der Waals surface area contributed by atoms with Crippen LogP contribution in [0, 0.1) is 0 Å². The van der Waals surface area contributed by atoms with Crippen molar-refractivity contribution in [2.75, 3.05) is 4.90 Å². The first kappa shape index (κ1) is 34.4. The van der Waals surface area contributed by atoms with E-state index < -0.39 is 0 Å². The number of fused-ring (bicyclic) bond motifs is 10. The zero-order chi connectivity index (χ0) is 40.7. The molecule has 13 aromatic rings. The molecule has 4 heterocycles. The Kier molecular flexibility index (Phi) is 7.50. The van der Waals surface area contributed by atoms with E-state index in [4.69, 9.17) is 13.3 Å². The normalized spacial score (nSPS) is 11.9. The Labute approximate surface area is 354 Å². The molecule has 62 heavy (non-hydrogen) atoms. The molecule has 290 valence electrons. The Bertz CT molecular complexity index is 3700. The van der Waals surface area contributed by atoms with Crippen molar-refractivity contribution in [1.29, 1.82) is 0 Å². The van der Waals surface area contributed by atoms with Crippen LogP contribution in [0.15, 0.2) is 214 Å². The molecule has 6 heteroatoms. The molecule has 0 bridgehead atoms. The second kappa shape index (κ2) is 13.5. The van der Waals surface area contributed by atoms with Crippen LogP contribution in [0.3, 0.4) is 0 Å². The number of hydrogen-bond acceptors (Lipinski definition) is 6. The maximum absolute atomic E-state index is 6.42. The zero-order valence-electron chi connectivity index (χ0n) is 33.1. The number of nitrogens with zero attached hydrogens (tertiary/aromatic N) is 3. The van der Waals surface area contributed by atoms with Gasteiger partial charge >= 0.3 is 0 Å². The molecule has 9 aromatic carbocycles. The molecule has 0 atom stereocenters. The molecule has 0 aliphatic heterocycles.